The van der Waals surface area contributed by atoms with Crippen LogP contribution < -0.4 is 10.2 Å². The van der Waals surface area contributed by atoms with Crippen molar-refractivity contribution in [2.24, 2.45) is 0 Å². The van der Waals surface area contributed by atoms with Gasteiger partial charge in [0, 0.05) is 42.8 Å². The molecule has 1 aliphatic heterocycles. The highest BCUT2D eigenvalue weighted by Gasteiger charge is 2.23. The van der Waals surface area contributed by atoms with E-state index in [1.807, 2.05) is 41.3 Å². The van der Waals surface area contributed by atoms with Gasteiger partial charge in [0.15, 0.2) is 0 Å². The lowest BCUT2D eigenvalue weighted by Crippen LogP contribution is -2.30. The van der Waals surface area contributed by atoms with Crippen molar-refractivity contribution in [3.05, 3.63) is 93.8 Å². The van der Waals surface area contributed by atoms with Crippen LogP contribution in [0, 0.1) is 10.1 Å². The van der Waals surface area contributed by atoms with Gasteiger partial charge in [0.2, 0.25) is 0 Å². The average molecular weight is 416 g/mol. The number of hydrogen-bond donors (Lipinski definition) is 1. The van der Waals surface area contributed by atoms with E-state index in [1.54, 1.807) is 24.5 Å². The lowest BCUT2D eigenvalue weighted by atomic mass is 10.1. The van der Waals surface area contributed by atoms with Gasteiger partial charge in [-0.1, -0.05) is 12.1 Å². The van der Waals surface area contributed by atoms with E-state index in [2.05, 4.69) is 10.3 Å². The number of aromatic nitrogens is 1. The summed E-state index contributed by atoms with van der Waals surface area (Å²) in [6.45, 7) is 1.61. The van der Waals surface area contributed by atoms with Crippen molar-refractivity contribution in [3.63, 3.8) is 0 Å². The molecule has 0 saturated carbocycles. The van der Waals surface area contributed by atoms with Crippen molar-refractivity contribution in [2.75, 3.05) is 23.3 Å². The molecule has 2 aromatic carbocycles. The summed E-state index contributed by atoms with van der Waals surface area (Å²) < 4.78 is 0. The number of nitrogens with one attached hydrogen (secondary N) is 1. The molecule has 1 amide bonds. The third kappa shape index (κ3) is 5.06. The number of hydrogen-bond acceptors (Lipinski definition) is 5. The molecule has 0 bridgehead atoms. The normalized spacial score (nSPS) is 13.6. The zero-order valence-electron chi connectivity index (χ0n) is 17.2. The van der Waals surface area contributed by atoms with Crippen LogP contribution in [0.5, 0.6) is 0 Å². The van der Waals surface area contributed by atoms with Crippen molar-refractivity contribution in [1.29, 1.82) is 0 Å². The maximum atomic E-state index is 12.7. The zero-order valence-corrected chi connectivity index (χ0v) is 17.2. The number of nitro benzene ring substituents is 1. The summed E-state index contributed by atoms with van der Waals surface area (Å²) in [5.74, 6) is -0.366. The van der Waals surface area contributed by atoms with Gasteiger partial charge in [-0.15, -0.1) is 0 Å². The number of nitro groups is 1. The Hall–Kier alpha value is -3.74. The van der Waals surface area contributed by atoms with E-state index in [0.717, 1.165) is 49.9 Å². The summed E-state index contributed by atoms with van der Waals surface area (Å²) in [7, 11) is 0. The van der Waals surface area contributed by atoms with E-state index < -0.39 is 4.92 Å². The highest BCUT2D eigenvalue weighted by atomic mass is 16.6. The van der Waals surface area contributed by atoms with Crippen LogP contribution in [0.3, 0.4) is 0 Å². The first-order chi connectivity index (χ1) is 15.1. The highest BCUT2D eigenvalue weighted by Crippen LogP contribution is 2.31. The zero-order chi connectivity index (χ0) is 21.6. The number of amides is 1. The third-order valence-corrected chi connectivity index (χ3v) is 5.50. The molecule has 31 heavy (non-hydrogen) atoms. The first-order valence-electron chi connectivity index (χ1n) is 10.4. The fourth-order valence-electron chi connectivity index (χ4n) is 3.86. The number of carbonyl (C=O) groups is 1. The topological polar surface area (TPSA) is 88.4 Å². The molecule has 0 spiro atoms. The molecule has 158 valence electrons. The number of piperidine rings is 1. The summed E-state index contributed by atoms with van der Waals surface area (Å²) >= 11 is 0. The Morgan fingerprint density at radius 3 is 2.32 bits per heavy atom. The van der Waals surface area contributed by atoms with E-state index in [-0.39, 0.29) is 17.2 Å². The Bertz CT molecular complexity index is 1060. The molecule has 7 heteroatoms. The van der Waals surface area contributed by atoms with Crippen molar-refractivity contribution in [3.8, 4) is 0 Å². The predicted molar refractivity (Wildman–Crippen MR) is 121 cm³/mol. The first kappa shape index (κ1) is 20.5. The number of carbonyl (C=O) groups excluding carboxylic acids is 1. The minimum atomic E-state index is -0.408. The van der Waals surface area contributed by atoms with Crippen molar-refractivity contribution in [2.45, 2.75) is 25.7 Å². The van der Waals surface area contributed by atoms with Crippen LogP contribution in [0.4, 0.5) is 17.1 Å². The Balaban J connectivity index is 1.46. The number of pyridine rings is 1. The van der Waals surface area contributed by atoms with Gasteiger partial charge in [0.1, 0.15) is 5.69 Å². The van der Waals surface area contributed by atoms with Crippen molar-refractivity contribution < 1.29 is 9.72 Å². The minimum absolute atomic E-state index is 0.0257. The van der Waals surface area contributed by atoms with Gasteiger partial charge in [0.25, 0.3) is 11.6 Å². The maximum Gasteiger partial charge on any atom is 0.293 e. The standard InChI is InChI=1S/C24H24N4O3/c29-24(26-21-7-4-18(5-8-21)16-19-10-12-25-13-11-19)20-6-9-22(23(17-20)28(30)31)27-14-2-1-3-15-27/h4-13,17H,1-3,14-16H2,(H,26,29). The molecule has 1 aromatic heterocycles. The van der Waals surface area contributed by atoms with Gasteiger partial charge in [-0.25, -0.2) is 0 Å². The van der Waals surface area contributed by atoms with Crippen LogP contribution in [0.25, 0.3) is 0 Å². The molecule has 1 fully saturated rings. The Morgan fingerprint density at radius 2 is 1.65 bits per heavy atom. The van der Waals surface area contributed by atoms with Crippen LogP contribution in [-0.4, -0.2) is 28.9 Å². The van der Waals surface area contributed by atoms with E-state index in [9.17, 15) is 14.9 Å². The molecular weight excluding hydrogens is 392 g/mol. The molecule has 4 rings (SSSR count). The fraction of sp³-hybridized carbons (Fsp3) is 0.250. The lowest BCUT2D eigenvalue weighted by Gasteiger charge is -2.28. The van der Waals surface area contributed by atoms with E-state index in [4.69, 9.17) is 0 Å². The molecule has 1 N–H and O–H groups in total. The van der Waals surface area contributed by atoms with Crippen LogP contribution in [0.2, 0.25) is 0 Å². The summed E-state index contributed by atoms with van der Waals surface area (Å²) in [6, 6.07) is 16.2. The summed E-state index contributed by atoms with van der Waals surface area (Å²) in [6.07, 6.45) is 7.50. The second kappa shape index (κ2) is 9.38. The summed E-state index contributed by atoms with van der Waals surface area (Å²) in [4.78, 5) is 30.0. The molecule has 2 heterocycles. The molecule has 1 saturated heterocycles. The molecule has 3 aromatic rings. The van der Waals surface area contributed by atoms with Gasteiger partial charge in [-0.05, 0) is 73.2 Å². The van der Waals surface area contributed by atoms with Gasteiger partial charge < -0.3 is 10.2 Å². The van der Waals surface area contributed by atoms with Gasteiger partial charge in [0.05, 0.1) is 4.92 Å². The Labute approximate surface area is 180 Å². The minimum Gasteiger partial charge on any atom is -0.366 e. The summed E-state index contributed by atoms with van der Waals surface area (Å²) in [5, 5.41) is 14.5. The van der Waals surface area contributed by atoms with E-state index in [1.165, 1.54) is 6.07 Å². The lowest BCUT2D eigenvalue weighted by molar-refractivity contribution is -0.384. The molecule has 0 aliphatic carbocycles. The van der Waals surface area contributed by atoms with E-state index in [0.29, 0.717) is 11.4 Å². The fourth-order valence-corrected chi connectivity index (χ4v) is 3.86. The highest BCUT2D eigenvalue weighted by molar-refractivity contribution is 6.05. The van der Waals surface area contributed by atoms with Crippen molar-refractivity contribution >= 4 is 23.0 Å². The van der Waals surface area contributed by atoms with Gasteiger partial charge >= 0.3 is 0 Å². The average Bonchev–Trinajstić information content (AvgIpc) is 2.81. The smallest absolute Gasteiger partial charge is 0.293 e. The number of anilines is 2. The van der Waals surface area contributed by atoms with Crippen LogP contribution >= 0.6 is 0 Å². The quantitative estimate of drug-likeness (QED) is 0.460. The Kier molecular flexibility index (Phi) is 6.21. The van der Waals surface area contributed by atoms with Gasteiger partial charge in [-0.2, -0.15) is 0 Å². The number of rotatable bonds is 6. The van der Waals surface area contributed by atoms with E-state index >= 15 is 0 Å². The molecule has 0 unspecified atom stereocenters. The largest absolute Gasteiger partial charge is 0.366 e. The molecule has 0 atom stereocenters. The molecular formula is C24H24N4O3. The third-order valence-electron chi connectivity index (χ3n) is 5.50. The number of nitrogens with zero attached hydrogens (tertiary/aromatic N) is 3. The SMILES string of the molecule is O=C(Nc1ccc(Cc2ccncc2)cc1)c1ccc(N2CCCCC2)c([N+](=O)[O-])c1. The first-order valence-corrected chi connectivity index (χ1v) is 10.4. The molecule has 1 aliphatic rings. The second-order valence-corrected chi connectivity index (χ2v) is 7.69. The second-order valence-electron chi connectivity index (χ2n) is 7.69. The summed E-state index contributed by atoms with van der Waals surface area (Å²) in [5.41, 5.74) is 3.75. The van der Waals surface area contributed by atoms with Crippen LogP contribution in [-0.2, 0) is 6.42 Å². The Morgan fingerprint density at radius 1 is 0.968 bits per heavy atom. The van der Waals surface area contributed by atoms with Gasteiger partial charge in [-0.3, -0.25) is 19.9 Å². The van der Waals surface area contributed by atoms with Crippen molar-refractivity contribution in [1.82, 2.24) is 4.98 Å². The van der Waals surface area contributed by atoms with Crippen LogP contribution in [0.15, 0.2) is 67.0 Å². The number of benzene rings is 2. The molecule has 7 nitrogen and oxygen atoms in total. The van der Waals surface area contributed by atoms with Crippen LogP contribution in [0.1, 0.15) is 40.7 Å². The molecule has 0 radical (unpaired) electrons. The predicted octanol–water partition coefficient (Wildman–Crippen LogP) is 4.82. The maximum absolute atomic E-state index is 12.7. The monoisotopic (exact) mass is 416 g/mol.